The lowest BCUT2D eigenvalue weighted by Crippen LogP contribution is -2.47. The van der Waals surface area contributed by atoms with Gasteiger partial charge in [-0.25, -0.2) is 18.6 Å². The van der Waals surface area contributed by atoms with Gasteiger partial charge >= 0.3 is 0 Å². The molecule has 1 aliphatic carbocycles. The van der Waals surface area contributed by atoms with E-state index >= 15 is 0 Å². The summed E-state index contributed by atoms with van der Waals surface area (Å²) in [6, 6.07) is 14.7. The zero-order valence-corrected chi connectivity index (χ0v) is 15.5. The fourth-order valence-corrected chi connectivity index (χ4v) is 4.56. The Bertz CT molecular complexity index is 869. The number of rotatable bonds is 6. The molecule has 0 radical (unpaired) electrons. The summed E-state index contributed by atoms with van der Waals surface area (Å²) in [5.74, 6) is 0.0369. The third-order valence-electron chi connectivity index (χ3n) is 4.63. The number of benzene rings is 2. The highest BCUT2D eigenvalue weighted by atomic mass is 32.2. The van der Waals surface area contributed by atoms with E-state index in [1.165, 1.54) is 12.1 Å². The Hall–Kier alpha value is -2.42. The van der Waals surface area contributed by atoms with Crippen molar-refractivity contribution in [1.82, 2.24) is 10.2 Å². The molecule has 1 saturated carbocycles. The van der Waals surface area contributed by atoms with Crippen molar-refractivity contribution in [3.05, 3.63) is 54.6 Å². The van der Waals surface area contributed by atoms with Crippen molar-refractivity contribution in [2.75, 3.05) is 0 Å². The lowest BCUT2D eigenvalue weighted by molar-refractivity contribution is -0.135. The van der Waals surface area contributed by atoms with Gasteiger partial charge < -0.3 is 4.74 Å². The van der Waals surface area contributed by atoms with Crippen LogP contribution in [0.4, 0.5) is 0 Å². The summed E-state index contributed by atoms with van der Waals surface area (Å²) in [6.45, 7) is 0. The number of hydrogen-bond acceptors (Lipinski definition) is 5. The van der Waals surface area contributed by atoms with Gasteiger partial charge in [0.25, 0.3) is 0 Å². The number of carbonyl (C=O) groups excluding carboxylic acids is 1. The molecular weight excluding hydrogens is 368 g/mol. The highest BCUT2D eigenvalue weighted by molar-refractivity contribution is 7.89. The van der Waals surface area contributed by atoms with Gasteiger partial charge in [-0.1, -0.05) is 31.0 Å². The Kier molecular flexibility index (Phi) is 6.10. The zero-order chi connectivity index (χ0) is 19.3. The van der Waals surface area contributed by atoms with Gasteiger partial charge in [0.1, 0.15) is 11.5 Å². The largest absolute Gasteiger partial charge is 0.457 e. The third kappa shape index (κ3) is 4.85. The highest BCUT2D eigenvalue weighted by Gasteiger charge is 2.34. The minimum Gasteiger partial charge on any atom is -0.457 e. The van der Waals surface area contributed by atoms with E-state index in [-0.39, 0.29) is 4.90 Å². The molecular formula is C19H22N2O5S. The van der Waals surface area contributed by atoms with Crippen LogP contribution in [0, 0.1) is 5.92 Å². The van der Waals surface area contributed by atoms with Crippen molar-refractivity contribution >= 4 is 15.9 Å². The predicted molar refractivity (Wildman–Crippen MR) is 99.0 cm³/mol. The zero-order valence-electron chi connectivity index (χ0n) is 14.7. The van der Waals surface area contributed by atoms with Crippen LogP contribution in [0.25, 0.3) is 0 Å². The number of sulfonamides is 1. The van der Waals surface area contributed by atoms with Gasteiger partial charge in [-0.3, -0.25) is 10.0 Å². The number of para-hydroxylation sites is 1. The minimum absolute atomic E-state index is 0.0941. The van der Waals surface area contributed by atoms with Gasteiger partial charge in [-0.05, 0) is 49.2 Å². The molecule has 0 heterocycles. The average molecular weight is 390 g/mol. The maximum Gasteiger partial charge on any atom is 0.248 e. The molecule has 1 fully saturated rings. The molecule has 27 heavy (non-hydrogen) atoms. The molecule has 0 aromatic heterocycles. The second-order valence-corrected chi connectivity index (χ2v) is 8.20. The number of amides is 1. The summed E-state index contributed by atoms with van der Waals surface area (Å²) in [6.07, 6.45) is 2.73. The summed E-state index contributed by atoms with van der Waals surface area (Å²) < 4.78 is 33.6. The van der Waals surface area contributed by atoms with Crippen molar-refractivity contribution in [2.45, 2.75) is 36.6 Å². The lowest BCUT2D eigenvalue weighted by atomic mass is 9.85. The Balaban J connectivity index is 1.71. The maximum atomic E-state index is 12.7. The quantitative estimate of drug-likeness (QED) is 0.520. The van der Waals surface area contributed by atoms with E-state index < -0.39 is 27.9 Å². The summed E-state index contributed by atoms with van der Waals surface area (Å²) in [7, 11) is -3.79. The van der Waals surface area contributed by atoms with E-state index in [0.717, 1.165) is 12.8 Å². The smallest absolute Gasteiger partial charge is 0.248 e. The molecule has 0 unspecified atom stereocenters. The maximum absolute atomic E-state index is 12.7. The molecule has 8 heteroatoms. The van der Waals surface area contributed by atoms with Gasteiger partial charge in [0, 0.05) is 6.04 Å². The molecule has 2 aromatic carbocycles. The SMILES string of the molecule is O=C(NO)[C@@H]1CCCC[C@@H]1NS(=O)(=O)c1ccc(Oc2ccccc2)cc1. The Morgan fingerprint density at radius 1 is 0.963 bits per heavy atom. The van der Waals surface area contributed by atoms with Gasteiger partial charge in [-0.2, -0.15) is 0 Å². The molecule has 2 atom stereocenters. The Morgan fingerprint density at radius 2 is 1.59 bits per heavy atom. The van der Waals surface area contributed by atoms with Crippen LogP contribution in [-0.2, 0) is 14.8 Å². The van der Waals surface area contributed by atoms with Crippen molar-refractivity contribution in [3.63, 3.8) is 0 Å². The minimum atomic E-state index is -3.79. The first-order chi connectivity index (χ1) is 13.0. The van der Waals surface area contributed by atoms with E-state index in [1.54, 1.807) is 17.6 Å². The molecule has 144 valence electrons. The van der Waals surface area contributed by atoms with Crippen molar-refractivity contribution in [3.8, 4) is 11.5 Å². The molecule has 1 aliphatic rings. The number of hydroxylamine groups is 1. The Morgan fingerprint density at radius 3 is 2.26 bits per heavy atom. The summed E-state index contributed by atoms with van der Waals surface area (Å²) in [5.41, 5.74) is 1.63. The van der Waals surface area contributed by atoms with Crippen LogP contribution in [0.5, 0.6) is 11.5 Å². The van der Waals surface area contributed by atoms with Gasteiger partial charge in [0.15, 0.2) is 0 Å². The fourth-order valence-electron chi connectivity index (χ4n) is 3.25. The molecule has 1 amide bonds. The predicted octanol–water partition coefficient (Wildman–Crippen LogP) is 2.82. The molecule has 0 aliphatic heterocycles. The molecule has 3 N–H and O–H groups in total. The van der Waals surface area contributed by atoms with Crippen LogP contribution in [0.1, 0.15) is 25.7 Å². The van der Waals surface area contributed by atoms with Crippen LogP contribution in [0.15, 0.2) is 59.5 Å². The van der Waals surface area contributed by atoms with Crippen LogP contribution < -0.4 is 14.9 Å². The molecule has 7 nitrogen and oxygen atoms in total. The number of hydrogen-bond donors (Lipinski definition) is 3. The van der Waals surface area contributed by atoms with Crippen LogP contribution >= 0.6 is 0 Å². The normalized spacial score (nSPS) is 20.0. The highest BCUT2D eigenvalue weighted by Crippen LogP contribution is 2.27. The number of carbonyl (C=O) groups is 1. The van der Waals surface area contributed by atoms with Gasteiger partial charge in [-0.15, -0.1) is 0 Å². The fraction of sp³-hybridized carbons (Fsp3) is 0.316. The topological polar surface area (TPSA) is 105 Å². The van der Waals surface area contributed by atoms with Crippen molar-refractivity contribution < 1.29 is 23.2 Å². The number of nitrogens with one attached hydrogen (secondary N) is 2. The standard InChI is InChI=1S/C19H22N2O5S/c22-19(20-23)17-8-4-5-9-18(17)21-27(24,25)16-12-10-15(11-13-16)26-14-6-2-1-3-7-14/h1-3,6-7,10-13,17-18,21,23H,4-5,8-9H2,(H,20,22)/t17-,18+/m1/s1. The molecule has 0 bridgehead atoms. The molecule has 3 rings (SSSR count). The van der Waals surface area contributed by atoms with E-state index in [2.05, 4.69) is 4.72 Å². The van der Waals surface area contributed by atoms with Crippen LogP contribution in [0.2, 0.25) is 0 Å². The first kappa shape index (κ1) is 19.3. The monoisotopic (exact) mass is 390 g/mol. The summed E-state index contributed by atoms with van der Waals surface area (Å²) in [5, 5.41) is 8.88. The second kappa shape index (κ2) is 8.51. The first-order valence-electron chi connectivity index (χ1n) is 8.79. The summed E-state index contributed by atoms with van der Waals surface area (Å²) in [4.78, 5) is 11.9. The second-order valence-electron chi connectivity index (χ2n) is 6.48. The first-order valence-corrected chi connectivity index (χ1v) is 10.3. The summed E-state index contributed by atoms with van der Waals surface area (Å²) >= 11 is 0. The van der Waals surface area contributed by atoms with Gasteiger partial charge in [0.05, 0.1) is 10.8 Å². The van der Waals surface area contributed by atoms with Crippen LogP contribution in [-0.4, -0.2) is 25.6 Å². The van der Waals surface area contributed by atoms with E-state index in [9.17, 15) is 13.2 Å². The molecule has 0 spiro atoms. The Labute approximate surface area is 158 Å². The lowest BCUT2D eigenvalue weighted by Gasteiger charge is -2.30. The van der Waals surface area contributed by atoms with Crippen molar-refractivity contribution in [2.24, 2.45) is 5.92 Å². The average Bonchev–Trinajstić information content (AvgIpc) is 2.69. The van der Waals surface area contributed by atoms with Gasteiger partial charge in [0.2, 0.25) is 15.9 Å². The molecule has 2 aromatic rings. The number of ether oxygens (including phenoxy) is 1. The molecule has 0 saturated heterocycles. The van der Waals surface area contributed by atoms with Crippen LogP contribution in [0.3, 0.4) is 0 Å². The van der Waals surface area contributed by atoms with E-state index in [0.29, 0.717) is 24.3 Å². The van der Waals surface area contributed by atoms with Crippen molar-refractivity contribution in [1.29, 1.82) is 0 Å². The third-order valence-corrected chi connectivity index (χ3v) is 6.14. The van der Waals surface area contributed by atoms with E-state index in [4.69, 9.17) is 9.94 Å². The van der Waals surface area contributed by atoms with E-state index in [1.807, 2.05) is 30.3 Å².